The molecule has 1 fully saturated rings. The van der Waals surface area contributed by atoms with Crippen LogP contribution in [-0.4, -0.2) is 37.0 Å². The average Bonchev–Trinajstić information content (AvgIpc) is 2.68. The van der Waals surface area contributed by atoms with Crippen molar-refractivity contribution >= 4 is 30.1 Å². The Balaban J connectivity index is 0.00000261. The Morgan fingerprint density at radius 2 is 1.78 bits per heavy atom. The second-order valence-corrected chi connectivity index (χ2v) is 8.21. The van der Waals surface area contributed by atoms with Crippen LogP contribution >= 0.6 is 24.2 Å². The second kappa shape index (κ2) is 10.2. The van der Waals surface area contributed by atoms with Crippen LogP contribution in [0, 0.1) is 13.8 Å². The van der Waals surface area contributed by atoms with Gasteiger partial charge in [-0.1, -0.05) is 48.0 Å². The van der Waals surface area contributed by atoms with Gasteiger partial charge in [0.2, 0.25) is 5.91 Å². The topological polar surface area (TPSA) is 32.3 Å². The molecule has 2 aromatic carbocycles. The van der Waals surface area contributed by atoms with Crippen LogP contribution in [0.4, 0.5) is 0 Å². The summed E-state index contributed by atoms with van der Waals surface area (Å²) in [5, 5.41) is 3.14. The number of nitrogens with zero attached hydrogens (tertiary/aromatic N) is 1. The zero-order chi connectivity index (χ0) is 18.5. The number of halogens is 1. The Kier molecular flexibility index (Phi) is 8.21. The first-order valence-electron chi connectivity index (χ1n) is 9.33. The van der Waals surface area contributed by atoms with Crippen molar-refractivity contribution in [3.63, 3.8) is 0 Å². The number of hydrogen-bond acceptors (Lipinski definition) is 3. The molecule has 0 saturated carbocycles. The van der Waals surface area contributed by atoms with E-state index < -0.39 is 0 Å². The van der Waals surface area contributed by atoms with E-state index >= 15 is 0 Å². The molecule has 1 aliphatic rings. The predicted octanol–water partition coefficient (Wildman–Crippen LogP) is 4.77. The zero-order valence-electron chi connectivity index (χ0n) is 16.3. The largest absolute Gasteiger partial charge is 0.341 e. The van der Waals surface area contributed by atoms with Crippen LogP contribution in [0.2, 0.25) is 0 Å². The summed E-state index contributed by atoms with van der Waals surface area (Å²) in [6.07, 6.45) is 2.05. The molecule has 1 saturated heterocycles. The van der Waals surface area contributed by atoms with Gasteiger partial charge in [0, 0.05) is 24.0 Å². The summed E-state index contributed by atoms with van der Waals surface area (Å²) >= 11 is 1.68. The van der Waals surface area contributed by atoms with Crippen molar-refractivity contribution in [2.75, 3.05) is 20.1 Å². The van der Waals surface area contributed by atoms with E-state index in [2.05, 4.69) is 49.5 Å². The minimum atomic E-state index is -0.191. The Morgan fingerprint density at radius 3 is 2.37 bits per heavy atom. The number of likely N-dealkylation sites (tertiary alicyclic amines) is 1. The first kappa shape index (κ1) is 21.8. The molecule has 1 heterocycles. The third-order valence-corrected chi connectivity index (χ3v) is 6.54. The van der Waals surface area contributed by atoms with E-state index in [1.165, 1.54) is 16.0 Å². The summed E-state index contributed by atoms with van der Waals surface area (Å²) in [6, 6.07) is 17.2. The van der Waals surface area contributed by atoms with Crippen molar-refractivity contribution in [1.82, 2.24) is 10.2 Å². The van der Waals surface area contributed by atoms with Crippen molar-refractivity contribution in [2.24, 2.45) is 0 Å². The number of hydrogen-bond donors (Lipinski definition) is 1. The SMILES string of the molecule is CNC1CCN(C(=O)C(Sc2ccc(C)cc2C)c2ccccc2)CC1.Cl. The van der Waals surface area contributed by atoms with Gasteiger partial charge < -0.3 is 10.2 Å². The van der Waals surface area contributed by atoms with Crippen LogP contribution in [0.3, 0.4) is 0 Å². The average molecular weight is 405 g/mol. The Bertz CT molecular complexity index is 745. The van der Waals surface area contributed by atoms with E-state index in [1.807, 2.05) is 30.1 Å². The van der Waals surface area contributed by atoms with Gasteiger partial charge in [0.1, 0.15) is 5.25 Å². The van der Waals surface area contributed by atoms with Gasteiger partial charge in [-0.05, 0) is 50.9 Å². The van der Waals surface area contributed by atoms with Gasteiger partial charge >= 0.3 is 0 Å². The summed E-state index contributed by atoms with van der Waals surface area (Å²) in [5.74, 6) is 0.232. The molecule has 1 aliphatic heterocycles. The van der Waals surface area contributed by atoms with E-state index in [9.17, 15) is 4.79 Å². The molecule has 27 heavy (non-hydrogen) atoms. The fraction of sp³-hybridized carbons (Fsp3) is 0.409. The van der Waals surface area contributed by atoms with Gasteiger partial charge in [-0.15, -0.1) is 24.2 Å². The van der Waals surface area contributed by atoms with Gasteiger partial charge in [-0.25, -0.2) is 0 Å². The maximum atomic E-state index is 13.4. The summed E-state index contributed by atoms with van der Waals surface area (Å²) in [6.45, 7) is 5.90. The van der Waals surface area contributed by atoms with Gasteiger partial charge in [0.05, 0.1) is 0 Å². The van der Waals surface area contributed by atoms with Gasteiger partial charge in [0.15, 0.2) is 0 Å². The number of amides is 1. The number of rotatable bonds is 5. The van der Waals surface area contributed by atoms with E-state index in [0.29, 0.717) is 6.04 Å². The van der Waals surface area contributed by atoms with Gasteiger partial charge in [-0.3, -0.25) is 4.79 Å². The molecule has 0 bridgehead atoms. The first-order valence-corrected chi connectivity index (χ1v) is 10.2. The molecule has 1 N–H and O–H groups in total. The minimum Gasteiger partial charge on any atom is -0.341 e. The first-order chi connectivity index (χ1) is 12.6. The lowest BCUT2D eigenvalue weighted by Gasteiger charge is -2.34. The minimum absolute atomic E-state index is 0. The van der Waals surface area contributed by atoms with Gasteiger partial charge in [0.25, 0.3) is 0 Å². The highest BCUT2D eigenvalue weighted by Crippen LogP contribution is 2.39. The number of benzene rings is 2. The predicted molar refractivity (Wildman–Crippen MR) is 117 cm³/mol. The molecule has 3 rings (SSSR count). The molecular formula is C22H29ClN2OS. The Labute approximate surface area is 173 Å². The fourth-order valence-corrected chi connectivity index (χ4v) is 4.69. The molecule has 0 aromatic heterocycles. The van der Waals surface area contributed by atoms with Crippen molar-refractivity contribution in [1.29, 1.82) is 0 Å². The summed E-state index contributed by atoms with van der Waals surface area (Å²) < 4.78 is 0. The maximum absolute atomic E-state index is 13.4. The Morgan fingerprint density at radius 1 is 1.11 bits per heavy atom. The molecule has 1 amide bonds. The monoisotopic (exact) mass is 404 g/mol. The summed E-state index contributed by atoms with van der Waals surface area (Å²) in [7, 11) is 2.00. The van der Waals surface area contributed by atoms with Crippen LogP contribution in [-0.2, 0) is 4.79 Å². The molecular weight excluding hydrogens is 376 g/mol. The maximum Gasteiger partial charge on any atom is 0.240 e. The van der Waals surface area contributed by atoms with Crippen molar-refractivity contribution < 1.29 is 4.79 Å². The van der Waals surface area contributed by atoms with Crippen molar-refractivity contribution in [3.8, 4) is 0 Å². The van der Waals surface area contributed by atoms with Crippen LogP contribution in [0.1, 0.15) is 34.8 Å². The van der Waals surface area contributed by atoms with E-state index in [-0.39, 0.29) is 23.6 Å². The van der Waals surface area contributed by atoms with Crippen molar-refractivity contribution in [3.05, 3.63) is 65.2 Å². The fourth-order valence-electron chi connectivity index (χ4n) is 3.50. The van der Waals surface area contributed by atoms with Crippen LogP contribution in [0.5, 0.6) is 0 Å². The normalized spacial score (nSPS) is 15.9. The summed E-state index contributed by atoms with van der Waals surface area (Å²) in [5.41, 5.74) is 3.57. The highest BCUT2D eigenvalue weighted by atomic mass is 35.5. The number of aryl methyl sites for hydroxylation is 2. The second-order valence-electron chi connectivity index (χ2n) is 7.07. The standard InChI is InChI=1S/C22H28N2OS.ClH/c1-16-9-10-20(17(2)15-16)26-21(18-7-5-4-6-8-18)22(25)24-13-11-19(23-3)12-14-24;/h4-10,15,19,21,23H,11-14H2,1-3H3;1H. The molecule has 0 radical (unpaired) electrons. The summed E-state index contributed by atoms with van der Waals surface area (Å²) in [4.78, 5) is 16.6. The lowest BCUT2D eigenvalue weighted by molar-refractivity contribution is -0.131. The number of nitrogens with one attached hydrogen (secondary N) is 1. The molecule has 1 atom stereocenters. The lowest BCUT2D eigenvalue weighted by atomic mass is 10.0. The number of carbonyl (C=O) groups is 1. The molecule has 1 unspecified atom stereocenters. The third-order valence-electron chi connectivity index (χ3n) is 5.12. The van der Waals surface area contributed by atoms with E-state index in [4.69, 9.17) is 0 Å². The molecule has 5 heteroatoms. The third kappa shape index (κ3) is 5.50. The van der Waals surface area contributed by atoms with Crippen LogP contribution in [0.15, 0.2) is 53.4 Å². The molecule has 146 valence electrons. The molecule has 2 aromatic rings. The van der Waals surface area contributed by atoms with Crippen molar-refractivity contribution in [2.45, 2.75) is 42.9 Å². The molecule has 3 nitrogen and oxygen atoms in total. The smallest absolute Gasteiger partial charge is 0.240 e. The van der Waals surface area contributed by atoms with Crippen LogP contribution in [0.25, 0.3) is 0 Å². The quantitative estimate of drug-likeness (QED) is 0.728. The Hall–Kier alpha value is -1.49. The number of carbonyl (C=O) groups excluding carboxylic acids is 1. The highest BCUT2D eigenvalue weighted by Gasteiger charge is 2.30. The van der Waals surface area contributed by atoms with Gasteiger partial charge in [-0.2, -0.15) is 0 Å². The number of thioether (sulfide) groups is 1. The molecule has 0 spiro atoms. The number of piperidine rings is 1. The zero-order valence-corrected chi connectivity index (χ0v) is 17.9. The highest BCUT2D eigenvalue weighted by molar-refractivity contribution is 8.00. The lowest BCUT2D eigenvalue weighted by Crippen LogP contribution is -2.45. The van der Waals surface area contributed by atoms with E-state index in [1.54, 1.807) is 11.8 Å². The van der Waals surface area contributed by atoms with E-state index in [0.717, 1.165) is 31.5 Å². The molecule has 0 aliphatic carbocycles. The van der Waals surface area contributed by atoms with Crippen LogP contribution < -0.4 is 5.32 Å².